The molecule has 0 saturated carbocycles. The van der Waals surface area contributed by atoms with E-state index >= 15 is 0 Å². The highest BCUT2D eigenvalue weighted by Gasteiger charge is 2.11. The van der Waals surface area contributed by atoms with Crippen LogP contribution in [0.25, 0.3) is 10.2 Å². The number of fused-ring (bicyclic) bond motifs is 1. The zero-order chi connectivity index (χ0) is 12.4. The fourth-order valence-electron chi connectivity index (χ4n) is 1.54. The van der Waals surface area contributed by atoms with Gasteiger partial charge in [-0.25, -0.2) is 4.98 Å². The van der Waals surface area contributed by atoms with Crippen LogP contribution >= 0.6 is 11.3 Å². The molecule has 90 valence electrons. The van der Waals surface area contributed by atoms with Crippen molar-refractivity contribution in [3.63, 3.8) is 0 Å². The molecular formula is C12H15N3OS. The fraction of sp³-hybridized carbons (Fsp3) is 0.333. The van der Waals surface area contributed by atoms with Crippen molar-refractivity contribution in [2.45, 2.75) is 26.3 Å². The number of rotatable bonds is 3. The molecule has 0 spiro atoms. The molecule has 3 N–H and O–H groups in total. The number of carbonyl (C=O) groups excluding carboxylic acids is 1. The Morgan fingerprint density at radius 2 is 2.35 bits per heavy atom. The smallest absolute Gasteiger partial charge is 0.241 e. The summed E-state index contributed by atoms with van der Waals surface area (Å²) in [5, 5.41) is 3.83. The second-order valence-corrected chi connectivity index (χ2v) is 5.15. The molecule has 1 aromatic heterocycles. The van der Waals surface area contributed by atoms with Gasteiger partial charge in [-0.3, -0.25) is 4.79 Å². The topological polar surface area (TPSA) is 68.0 Å². The molecule has 17 heavy (non-hydrogen) atoms. The lowest BCUT2D eigenvalue weighted by atomic mass is 10.2. The highest BCUT2D eigenvalue weighted by molar-refractivity contribution is 7.18. The summed E-state index contributed by atoms with van der Waals surface area (Å²) >= 11 is 1.61. The molecule has 1 aromatic carbocycles. The summed E-state index contributed by atoms with van der Waals surface area (Å²) in [4.78, 5) is 16.0. The molecule has 1 amide bonds. The fourth-order valence-corrected chi connectivity index (χ4v) is 2.40. The third-order valence-electron chi connectivity index (χ3n) is 2.54. The second-order valence-electron chi connectivity index (χ2n) is 3.92. The van der Waals surface area contributed by atoms with Crippen LogP contribution < -0.4 is 11.1 Å². The average Bonchev–Trinajstić information content (AvgIpc) is 2.67. The molecule has 0 aliphatic heterocycles. The van der Waals surface area contributed by atoms with Crippen molar-refractivity contribution in [2.75, 3.05) is 5.32 Å². The number of hydrogen-bond donors (Lipinski definition) is 2. The summed E-state index contributed by atoms with van der Waals surface area (Å²) < 4.78 is 1.07. The van der Waals surface area contributed by atoms with Gasteiger partial charge in [0.15, 0.2) is 0 Å². The van der Waals surface area contributed by atoms with Crippen LogP contribution in [0.1, 0.15) is 18.4 Å². The lowest BCUT2D eigenvalue weighted by molar-refractivity contribution is -0.117. The van der Waals surface area contributed by atoms with E-state index in [2.05, 4.69) is 10.3 Å². The highest BCUT2D eigenvalue weighted by atomic mass is 32.1. The molecule has 1 atom stereocenters. The van der Waals surface area contributed by atoms with Gasteiger partial charge in [-0.2, -0.15) is 0 Å². The molecule has 0 aliphatic carbocycles. The number of carbonyl (C=O) groups is 1. The Hall–Kier alpha value is -1.46. The minimum Gasteiger partial charge on any atom is -0.325 e. The van der Waals surface area contributed by atoms with Gasteiger partial charge in [-0.1, -0.05) is 6.92 Å². The first-order chi connectivity index (χ1) is 8.10. The maximum absolute atomic E-state index is 11.6. The third-order valence-corrected chi connectivity index (χ3v) is 3.47. The first-order valence-corrected chi connectivity index (χ1v) is 6.35. The number of aryl methyl sites for hydroxylation is 1. The van der Waals surface area contributed by atoms with Crippen molar-refractivity contribution >= 4 is 33.1 Å². The zero-order valence-electron chi connectivity index (χ0n) is 9.86. The number of aromatic nitrogens is 1. The highest BCUT2D eigenvalue weighted by Crippen LogP contribution is 2.24. The van der Waals surface area contributed by atoms with Crippen molar-refractivity contribution in [3.8, 4) is 0 Å². The van der Waals surface area contributed by atoms with Gasteiger partial charge in [0.2, 0.25) is 5.91 Å². The Kier molecular flexibility index (Phi) is 3.40. The number of amides is 1. The van der Waals surface area contributed by atoms with E-state index in [9.17, 15) is 4.79 Å². The number of nitrogens with zero attached hydrogens (tertiary/aromatic N) is 1. The van der Waals surface area contributed by atoms with Crippen LogP contribution in [0.2, 0.25) is 0 Å². The molecule has 4 nitrogen and oxygen atoms in total. The van der Waals surface area contributed by atoms with Gasteiger partial charge in [0.25, 0.3) is 0 Å². The number of benzene rings is 1. The van der Waals surface area contributed by atoms with Crippen LogP contribution in [0.15, 0.2) is 18.2 Å². The van der Waals surface area contributed by atoms with E-state index in [-0.39, 0.29) is 5.91 Å². The first-order valence-electron chi connectivity index (χ1n) is 5.53. The Morgan fingerprint density at radius 1 is 1.59 bits per heavy atom. The summed E-state index contributed by atoms with van der Waals surface area (Å²) in [6.45, 7) is 3.86. The van der Waals surface area contributed by atoms with Crippen LogP contribution in [-0.4, -0.2) is 16.9 Å². The normalized spacial score (nSPS) is 12.6. The average molecular weight is 249 g/mol. The van der Waals surface area contributed by atoms with E-state index in [0.717, 1.165) is 20.9 Å². The number of nitrogens with one attached hydrogen (secondary N) is 1. The number of thiazole rings is 1. The molecule has 0 aliphatic rings. The largest absolute Gasteiger partial charge is 0.325 e. The Balaban J connectivity index is 2.22. The number of nitrogens with two attached hydrogens (primary N) is 1. The predicted molar refractivity (Wildman–Crippen MR) is 71.3 cm³/mol. The monoisotopic (exact) mass is 249 g/mol. The summed E-state index contributed by atoms with van der Waals surface area (Å²) in [7, 11) is 0. The van der Waals surface area contributed by atoms with E-state index in [1.165, 1.54) is 0 Å². The van der Waals surface area contributed by atoms with Crippen molar-refractivity contribution in [1.29, 1.82) is 0 Å². The number of hydrogen-bond acceptors (Lipinski definition) is 4. The molecule has 1 heterocycles. The van der Waals surface area contributed by atoms with Crippen LogP contribution in [0.4, 0.5) is 5.69 Å². The molecule has 0 fully saturated rings. The summed E-state index contributed by atoms with van der Waals surface area (Å²) in [6.07, 6.45) is 0.633. The van der Waals surface area contributed by atoms with Gasteiger partial charge in [0.1, 0.15) is 0 Å². The SMILES string of the molecule is CCC(N)C(=O)Nc1ccc2nc(C)sc2c1. The first kappa shape index (κ1) is 12.0. The lowest BCUT2D eigenvalue weighted by Crippen LogP contribution is -2.34. The molecule has 0 radical (unpaired) electrons. The third kappa shape index (κ3) is 2.62. The van der Waals surface area contributed by atoms with E-state index in [0.29, 0.717) is 6.42 Å². The van der Waals surface area contributed by atoms with E-state index in [1.807, 2.05) is 32.0 Å². The maximum Gasteiger partial charge on any atom is 0.241 e. The van der Waals surface area contributed by atoms with Gasteiger partial charge in [0, 0.05) is 5.69 Å². The molecule has 0 bridgehead atoms. The Morgan fingerprint density at radius 3 is 3.06 bits per heavy atom. The van der Waals surface area contributed by atoms with Gasteiger partial charge in [-0.15, -0.1) is 11.3 Å². The molecule has 2 rings (SSSR count). The number of anilines is 1. The zero-order valence-corrected chi connectivity index (χ0v) is 10.7. The van der Waals surface area contributed by atoms with Crippen molar-refractivity contribution < 1.29 is 4.79 Å². The maximum atomic E-state index is 11.6. The van der Waals surface area contributed by atoms with Crippen LogP contribution in [-0.2, 0) is 4.79 Å². The van der Waals surface area contributed by atoms with E-state index in [4.69, 9.17) is 5.73 Å². The molecule has 1 unspecified atom stereocenters. The van der Waals surface area contributed by atoms with Gasteiger partial charge in [-0.05, 0) is 31.5 Å². The van der Waals surface area contributed by atoms with Crippen molar-refractivity contribution in [2.24, 2.45) is 5.73 Å². The van der Waals surface area contributed by atoms with Crippen molar-refractivity contribution in [1.82, 2.24) is 4.98 Å². The van der Waals surface area contributed by atoms with Gasteiger partial charge < -0.3 is 11.1 Å². The molecular weight excluding hydrogens is 234 g/mol. The molecule has 2 aromatic rings. The lowest BCUT2D eigenvalue weighted by Gasteiger charge is -2.09. The standard InChI is InChI=1S/C12H15N3OS/c1-3-9(13)12(16)15-8-4-5-10-11(6-8)17-7(2)14-10/h4-6,9H,3,13H2,1-2H3,(H,15,16). The predicted octanol–water partition coefficient (Wildman–Crippen LogP) is 2.28. The van der Waals surface area contributed by atoms with Gasteiger partial charge >= 0.3 is 0 Å². The quantitative estimate of drug-likeness (QED) is 0.877. The Bertz CT molecular complexity index is 550. The van der Waals surface area contributed by atoms with E-state index < -0.39 is 6.04 Å². The van der Waals surface area contributed by atoms with E-state index in [1.54, 1.807) is 11.3 Å². The van der Waals surface area contributed by atoms with Crippen LogP contribution in [0, 0.1) is 6.92 Å². The minimum atomic E-state index is -0.450. The summed E-state index contributed by atoms with van der Waals surface area (Å²) in [6, 6.07) is 5.24. The molecule has 5 heteroatoms. The summed E-state index contributed by atoms with van der Waals surface area (Å²) in [5.74, 6) is -0.145. The van der Waals surface area contributed by atoms with Crippen LogP contribution in [0.3, 0.4) is 0 Å². The summed E-state index contributed by atoms with van der Waals surface area (Å²) in [5.41, 5.74) is 7.40. The minimum absolute atomic E-state index is 0.145. The molecule has 0 saturated heterocycles. The van der Waals surface area contributed by atoms with Crippen molar-refractivity contribution in [3.05, 3.63) is 23.2 Å². The van der Waals surface area contributed by atoms with Crippen LogP contribution in [0.5, 0.6) is 0 Å². The Labute approximate surface area is 104 Å². The van der Waals surface area contributed by atoms with Gasteiger partial charge in [0.05, 0.1) is 21.3 Å². The second kappa shape index (κ2) is 4.81.